The Morgan fingerprint density at radius 2 is 1.65 bits per heavy atom. The van der Waals surface area contributed by atoms with Crippen LogP contribution in [0.3, 0.4) is 0 Å². The second-order valence-corrected chi connectivity index (χ2v) is 7.98. The molecule has 0 unspecified atom stereocenters. The quantitative estimate of drug-likeness (QED) is 0.262. The monoisotopic (exact) mass is 433 g/mol. The van der Waals surface area contributed by atoms with E-state index >= 15 is 0 Å². The lowest BCUT2D eigenvalue weighted by Gasteiger charge is -2.26. The SMILES string of the molecule is CC(C)(CCCCc1ccccc1)CCC(=O)N(C(=O)NO)n1c(=O)[nH]c(=O)[nH]c1=O. The predicted molar refractivity (Wildman–Crippen MR) is 112 cm³/mol. The van der Waals surface area contributed by atoms with E-state index in [-0.39, 0.29) is 21.5 Å². The lowest BCUT2D eigenvalue weighted by atomic mass is 9.82. The summed E-state index contributed by atoms with van der Waals surface area (Å²) in [6.07, 6.45) is 3.93. The summed E-state index contributed by atoms with van der Waals surface area (Å²) in [7, 11) is 0. The van der Waals surface area contributed by atoms with Gasteiger partial charge >= 0.3 is 23.1 Å². The standard InChI is InChI=1S/C20H27N5O6/c1-20(2,12-7-6-10-14-8-4-3-5-9-14)13-11-15(26)24(19(30)23-31)25-17(28)21-16(27)22-18(25)29/h3-5,8-9,31H,6-7,10-13H2,1-2H3,(H,23,30)(H2,21,22,27,28,29). The lowest BCUT2D eigenvalue weighted by Crippen LogP contribution is -2.60. The van der Waals surface area contributed by atoms with Crippen LogP contribution in [-0.4, -0.2) is 31.8 Å². The minimum absolute atomic E-state index is 0.127. The molecule has 2 rings (SSSR count). The smallest absolute Gasteiger partial charge is 0.287 e. The molecule has 0 bridgehead atoms. The Morgan fingerprint density at radius 1 is 1.03 bits per heavy atom. The first-order chi connectivity index (χ1) is 14.6. The number of urea groups is 1. The van der Waals surface area contributed by atoms with Crippen molar-refractivity contribution in [3.05, 3.63) is 67.3 Å². The first-order valence-corrected chi connectivity index (χ1v) is 9.91. The fourth-order valence-electron chi connectivity index (χ4n) is 3.22. The zero-order valence-electron chi connectivity index (χ0n) is 17.5. The van der Waals surface area contributed by atoms with E-state index in [9.17, 15) is 24.0 Å². The topological polar surface area (TPSA) is 157 Å². The van der Waals surface area contributed by atoms with Gasteiger partial charge < -0.3 is 0 Å². The number of aryl methyl sites for hydroxylation is 1. The molecule has 1 heterocycles. The maximum atomic E-state index is 12.6. The highest BCUT2D eigenvalue weighted by atomic mass is 16.5. The van der Waals surface area contributed by atoms with Crippen LogP contribution in [0.25, 0.3) is 0 Å². The first kappa shape index (κ1) is 23.8. The number of imide groups is 1. The minimum Gasteiger partial charge on any atom is -0.287 e. The summed E-state index contributed by atoms with van der Waals surface area (Å²) >= 11 is 0. The summed E-state index contributed by atoms with van der Waals surface area (Å²) in [4.78, 5) is 63.2. The molecular formula is C20H27N5O6. The summed E-state index contributed by atoms with van der Waals surface area (Å²) in [5.74, 6) is -0.886. The Kier molecular flexibility index (Phi) is 8.08. The summed E-state index contributed by atoms with van der Waals surface area (Å²) in [5.41, 5.74) is -1.40. The molecule has 0 aliphatic rings. The van der Waals surface area contributed by atoms with Gasteiger partial charge in [0.05, 0.1) is 0 Å². The van der Waals surface area contributed by atoms with Gasteiger partial charge in [0.25, 0.3) is 0 Å². The molecule has 3 amide bonds. The van der Waals surface area contributed by atoms with E-state index in [4.69, 9.17) is 5.21 Å². The van der Waals surface area contributed by atoms with Crippen molar-refractivity contribution in [3.63, 3.8) is 0 Å². The van der Waals surface area contributed by atoms with Crippen molar-refractivity contribution in [2.45, 2.75) is 52.4 Å². The number of H-pyrrole nitrogens is 2. The molecule has 11 heteroatoms. The van der Waals surface area contributed by atoms with Crippen LogP contribution < -0.4 is 27.6 Å². The molecule has 0 aliphatic carbocycles. The van der Waals surface area contributed by atoms with Gasteiger partial charge in [-0.25, -0.2) is 24.7 Å². The van der Waals surface area contributed by atoms with Crippen LogP contribution >= 0.6 is 0 Å². The molecule has 1 aromatic heterocycles. The molecule has 0 atom stereocenters. The van der Waals surface area contributed by atoms with Gasteiger partial charge in [-0.2, -0.15) is 5.01 Å². The highest BCUT2D eigenvalue weighted by molar-refractivity contribution is 6.07. The van der Waals surface area contributed by atoms with Gasteiger partial charge in [-0.3, -0.25) is 20.0 Å². The van der Waals surface area contributed by atoms with Gasteiger partial charge in [-0.15, -0.1) is 4.68 Å². The average Bonchev–Trinajstić information content (AvgIpc) is 2.72. The van der Waals surface area contributed by atoms with Crippen LogP contribution in [0.1, 0.15) is 51.5 Å². The Hall–Kier alpha value is -3.47. The van der Waals surface area contributed by atoms with Crippen LogP contribution in [0.4, 0.5) is 4.79 Å². The van der Waals surface area contributed by atoms with Crippen molar-refractivity contribution < 1.29 is 14.8 Å². The average molecular weight is 433 g/mol. The van der Waals surface area contributed by atoms with E-state index in [0.29, 0.717) is 6.42 Å². The molecule has 0 radical (unpaired) electrons. The second-order valence-electron chi connectivity index (χ2n) is 7.98. The minimum atomic E-state index is -1.40. The number of hydrogen-bond donors (Lipinski definition) is 4. The van der Waals surface area contributed by atoms with Crippen LogP contribution in [0, 0.1) is 5.41 Å². The first-order valence-electron chi connectivity index (χ1n) is 9.91. The number of carbonyl (C=O) groups excluding carboxylic acids is 2. The Labute approximate surface area is 177 Å². The van der Waals surface area contributed by atoms with Gasteiger partial charge in [0.1, 0.15) is 0 Å². The van der Waals surface area contributed by atoms with Crippen molar-refractivity contribution in [2.24, 2.45) is 5.41 Å². The fraction of sp³-hybridized carbons (Fsp3) is 0.450. The molecule has 31 heavy (non-hydrogen) atoms. The molecule has 0 saturated carbocycles. The summed E-state index contributed by atoms with van der Waals surface area (Å²) in [6.45, 7) is 3.97. The molecular weight excluding hydrogens is 406 g/mol. The third-order valence-corrected chi connectivity index (χ3v) is 4.98. The largest absolute Gasteiger partial charge is 0.367 e. The van der Waals surface area contributed by atoms with E-state index in [1.54, 1.807) is 9.97 Å². The van der Waals surface area contributed by atoms with E-state index in [0.717, 1.165) is 25.7 Å². The van der Waals surface area contributed by atoms with Crippen molar-refractivity contribution in [1.29, 1.82) is 0 Å². The van der Waals surface area contributed by atoms with E-state index < -0.39 is 29.0 Å². The second kappa shape index (κ2) is 10.5. The van der Waals surface area contributed by atoms with Crippen LogP contribution in [0.5, 0.6) is 0 Å². The highest BCUT2D eigenvalue weighted by Gasteiger charge is 2.29. The number of amides is 3. The molecule has 11 nitrogen and oxygen atoms in total. The number of unbranched alkanes of at least 4 members (excludes halogenated alkanes) is 1. The van der Waals surface area contributed by atoms with Crippen LogP contribution in [0.2, 0.25) is 0 Å². The number of aromatic nitrogens is 3. The predicted octanol–water partition coefficient (Wildman–Crippen LogP) is 1.01. The number of aromatic amines is 2. The number of nitrogens with one attached hydrogen (secondary N) is 3. The van der Waals surface area contributed by atoms with Crippen LogP contribution in [-0.2, 0) is 11.2 Å². The van der Waals surface area contributed by atoms with Crippen molar-refractivity contribution >= 4 is 11.9 Å². The fourth-order valence-corrected chi connectivity index (χ4v) is 3.22. The van der Waals surface area contributed by atoms with Crippen molar-refractivity contribution in [2.75, 3.05) is 5.01 Å². The van der Waals surface area contributed by atoms with Gasteiger partial charge in [-0.05, 0) is 36.7 Å². The van der Waals surface area contributed by atoms with Gasteiger partial charge in [-0.1, -0.05) is 50.6 Å². The van der Waals surface area contributed by atoms with E-state index in [1.807, 2.05) is 32.0 Å². The number of hydrogen-bond acceptors (Lipinski definition) is 6. The van der Waals surface area contributed by atoms with Gasteiger partial charge in [0.15, 0.2) is 0 Å². The summed E-state index contributed by atoms with van der Waals surface area (Å²) < 4.78 is 0.127. The third-order valence-electron chi connectivity index (χ3n) is 4.98. The third kappa shape index (κ3) is 6.78. The maximum Gasteiger partial charge on any atom is 0.367 e. The van der Waals surface area contributed by atoms with Crippen molar-refractivity contribution in [1.82, 2.24) is 20.1 Å². The van der Waals surface area contributed by atoms with E-state index in [1.165, 1.54) is 11.0 Å². The highest BCUT2D eigenvalue weighted by Crippen LogP contribution is 2.29. The molecule has 168 valence electrons. The number of benzene rings is 1. The number of carbonyl (C=O) groups is 2. The molecule has 0 aliphatic heterocycles. The van der Waals surface area contributed by atoms with Gasteiger partial charge in [0.2, 0.25) is 5.91 Å². The van der Waals surface area contributed by atoms with Gasteiger partial charge in [0, 0.05) is 6.42 Å². The zero-order chi connectivity index (χ0) is 23.0. The molecule has 4 N–H and O–H groups in total. The molecule has 1 aromatic carbocycles. The molecule has 2 aromatic rings. The number of hydroxylamine groups is 1. The lowest BCUT2D eigenvalue weighted by molar-refractivity contribution is -0.120. The zero-order valence-corrected chi connectivity index (χ0v) is 17.5. The number of nitrogens with zero attached hydrogens (tertiary/aromatic N) is 2. The number of rotatable bonds is 9. The normalized spacial score (nSPS) is 11.2. The van der Waals surface area contributed by atoms with Crippen molar-refractivity contribution in [3.8, 4) is 0 Å². The molecule has 0 saturated heterocycles. The summed E-state index contributed by atoms with van der Waals surface area (Å²) in [6, 6.07) is 8.72. The Balaban J connectivity index is 2.00. The van der Waals surface area contributed by atoms with E-state index in [2.05, 4.69) is 12.1 Å². The Bertz CT molecular complexity index is 1040. The molecule has 0 spiro atoms. The Morgan fingerprint density at radius 3 is 2.23 bits per heavy atom. The summed E-state index contributed by atoms with van der Waals surface area (Å²) in [5, 5.41) is 9.09. The van der Waals surface area contributed by atoms with Crippen LogP contribution in [0.15, 0.2) is 44.7 Å². The maximum absolute atomic E-state index is 12.6. The molecule has 0 fully saturated rings.